The molecule has 1 aromatic rings. The minimum absolute atomic E-state index is 0.0545. The van der Waals surface area contributed by atoms with Crippen LogP contribution < -0.4 is 5.32 Å². The molecule has 0 radical (unpaired) electrons. The number of carbonyl (C=O) groups is 1. The lowest BCUT2D eigenvalue weighted by molar-refractivity contribution is -0.0323. The van der Waals surface area contributed by atoms with E-state index in [0.29, 0.717) is 38.4 Å². The molecule has 0 saturated carbocycles. The zero-order chi connectivity index (χ0) is 19.1. The van der Waals surface area contributed by atoms with Crippen molar-refractivity contribution in [2.75, 3.05) is 44.3 Å². The van der Waals surface area contributed by atoms with Crippen LogP contribution in [0.4, 0.5) is 14.9 Å². The van der Waals surface area contributed by atoms with Crippen LogP contribution in [0.25, 0.3) is 0 Å². The Bertz CT molecular complexity index is 782. The molecule has 1 unspecified atom stereocenters. The molecule has 2 saturated heterocycles. The van der Waals surface area contributed by atoms with Crippen molar-refractivity contribution in [2.45, 2.75) is 25.4 Å². The maximum absolute atomic E-state index is 13.0. The molecule has 9 heteroatoms. The van der Waals surface area contributed by atoms with Crippen LogP contribution in [-0.4, -0.2) is 79.1 Å². The molecule has 3 rings (SSSR count). The first kappa shape index (κ1) is 19.1. The maximum Gasteiger partial charge on any atom is 0.321 e. The second-order valence-corrected chi connectivity index (χ2v) is 9.58. The molecule has 0 bridgehead atoms. The van der Waals surface area contributed by atoms with Crippen molar-refractivity contribution in [1.82, 2.24) is 14.1 Å². The van der Waals surface area contributed by atoms with Crippen LogP contribution in [0.3, 0.4) is 0 Å². The second kappa shape index (κ2) is 6.79. The number of sulfonamides is 1. The average Bonchev–Trinajstić information content (AvgIpc) is 2.55. The lowest BCUT2D eigenvalue weighted by atomic mass is 9.94. The van der Waals surface area contributed by atoms with E-state index in [1.54, 1.807) is 4.90 Å². The van der Waals surface area contributed by atoms with E-state index in [0.717, 1.165) is 0 Å². The summed E-state index contributed by atoms with van der Waals surface area (Å²) in [6, 6.07) is 5.30. The Hall–Kier alpha value is -1.71. The highest BCUT2D eigenvalue weighted by molar-refractivity contribution is 7.88. The zero-order valence-corrected chi connectivity index (χ0v) is 16.1. The van der Waals surface area contributed by atoms with E-state index in [1.807, 2.05) is 13.8 Å². The molecule has 1 atom stereocenters. The van der Waals surface area contributed by atoms with E-state index in [-0.39, 0.29) is 23.4 Å². The fourth-order valence-corrected chi connectivity index (χ4v) is 4.80. The second-order valence-electron chi connectivity index (χ2n) is 7.60. The molecule has 2 heterocycles. The lowest BCUT2D eigenvalue weighted by Crippen LogP contribution is -2.70. The number of nitrogens with one attached hydrogen (secondary N) is 1. The van der Waals surface area contributed by atoms with Gasteiger partial charge in [-0.3, -0.25) is 4.90 Å². The number of nitrogens with zero attached hydrogens (tertiary/aromatic N) is 3. The first-order chi connectivity index (χ1) is 12.1. The Kier molecular flexibility index (Phi) is 4.98. The van der Waals surface area contributed by atoms with Crippen molar-refractivity contribution in [1.29, 1.82) is 0 Å². The molecule has 0 aliphatic carbocycles. The molecule has 26 heavy (non-hydrogen) atoms. The fraction of sp³-hybridized carbons (Fsp3) is 0.588. The number of benzene rings is 1. The highest BCUT2D eigenvalue weighted by atomic mass is 32.2. The standard InChI is InChI=1S/C17H25FN4O3S/c1-17(2)12-21(26(3,24)25)11-15-10-20(8-9-22(15)17)16(23)19-14-6-4-13(18)5-7-14/h4-7,15H,8-12H2,1-3H3,(H,19,23). The van der Waals surface area contributed by atoms with Crippen molar-refractivity contribution in [3.8, 4) is 0 Å². The number of anilines is 1. The molecular formula is C17H25FN4O3S. The maximum atomic E-state index is 13.0. The molecule has 2 fully saturated rings. The van der Waals surface area contributed by atoms with E-state index in [4.69, 9.17) is 0 Å². The van der Waals surface area contributed by atoms with E-state index in [2.05, 4.69) is 10.2 Å². The van der Waals surface area contributed by atoms with Crippen LogP contribution in [0.2, 0.25) is 0 Å². The topological polar surface area (TPSA) is 73.0 Å². The quantitative estimate of drug-likeness (QED) is 0.837. The molecule has 144 valence electrons. The van der Waals surface area contributed by atoms with Gasteiger partial charge in [0, 0.05) is 50.0 Å². The summed E-state index contributed by atoms with van der Waals surface area (Å²) in [4.78, 5) is 16.5. The van der Waals surface area contributed by atoms with Gasteiger partial charge in [0.05, 0.1) is 6.26 Å². The molecule has 0 spiro atoms. The van der Waals surface area contributed by atoms with Crippen LogP contribution in [0.5, 0.6) is 0 Å². The van der Waals surface area contributed by atoms with Gasteiger partial charge in [0.2, 0.25) is 10.0 Å². The SMILES string of the molecule is CC1(C)CN(S(C)(=O)=O)CC2CN(C(=O)Nc3ccc(F)cc3)CCN21. The normalized spacial score (nSPS) is 24.2. The number of amides is 2. The van der Waals surface area contributed by atoms with Crippen LogP contribution in [-0.2, 0) is 10.0 Å². The van der Waals surface area contributed by atoms with Gasteiger partial charge in [-0.25, -0.2) is 17.6 Å². The van der Waals surface area contributed by atoms with Crippen molar-refractivity contribution >= 4 is 21.7 Å². The van der Waals surface area contributed by atoms with Gasteiger partial charge in [-0.2, -0.15) is 4.31 Å². The summed E-state index contributed by atoms with van der Waals surface area (Å²) in [5.41, 5.74) is 0.242. The van der Waals surface area contributed by atoms with Crippen molar-refractivity contribution < 1.29 is 17.6 Å². The Balaban J connectivity index is 1.70. The largest absolute Gasteiger partial charge is 0.322 e. The Morgan fingerprint density at radius 3 is 2.46 bits per heavy atom. The number of hydrogen-bond donors (Lipinski definition) is 1. The number of halogens is 1. The highest BCUT2D eigenvalue weighted by Crippen LogP contribution is 2.29. The van der Waals surface area contributed by atoms with Gasteiger partial charge in [0.15, 0.2) is 0 Å². The van der Waals surface area contributed by atoms with Crippen molar-refractivity contribution in [2.24, 2.45) is 0 Å². The monoisotopic (exact) mass is 384 g/mol. The Morgan fingerprint density at radius 1 is 1.19 bits per heavy atom. The zero-order valence-electron chi connectivity index (χ0n) is 15.3. The molecule has 0 aromatic heterocycles. The predicted octanol–water partition coefficient (Wildman–Crippen LogP) is 1.40. The van der Waals surface area contributed by atoms with E-state index in [9.17, 15) is 17.6 Å². The van der Waals surface area contributed by atoms with Gasteiger partial charge >= 0.3 is 6.03 Å². The third kappa shape index (κ3) is 3.99. The van der Waals surface area contributed by atoms with Gasteiger partial charge in [-0.05, 0) is 38.1 Å². The predicted molar refractivity (Wildman–Crippen MR) is 98.0 cm³/mol. The summed E-state index contributed by atoms with van der Waals surface area (Å²) < 4.78 is 38.5. The number of piperazine rings is 2. The van der Waals surface area contributed by atoms with Crippen LogP contribution >= 0.6 is 0 Å². The van der Waals surface area contributed by atoms with E-state index >= 15 is 0 Å². The molecular weight excluding hydrogens is 359 g/mol. The first-order valence-electron chi connectivity index (χ1n) is 8.60. The summed E-state index contributed by atoms with van der Waals surface area (Å²) in [6.45, 7) is 6.59. The van der Waals surface area contributed by atoms with Crippen molar-refractivity contribution in [3.63, 3.8) is 0 Å². The number of rotatable bonds is 2. The smallest absolute Gasteiger partial charge is 0.321 e. The Morgan fingerprint density at radius 2 is 1.85 bits per heavy atom. The number of carbonyl (C=O) groups excluding carboxylic acids is 1. The molecule has 2 aliphatic heterocycles. The fourth-order valence-electron chi connectivity index (χ4n) is 3.80. The van der Waals surface area contributed by atoms with Gasteiger partial charge in [0.1, 0.15) is 5.82 Å². The number of fused-ring (bicyclic) bond motifs is 1. The number of urea groups is 1. The van der Waals surface area contributed by atoms with E-state index < -0.39 is 10.0 Å². The minimum Gasteiger partial charge on any atom is -0.322 e. The summed E-state index contributed by atoms with van der Waals surface area (Å²) in [7, 11) is -3.29. The van der Waals surface area contributed by atoms with Crippen LogP contribution in [0, 0.1) is 5.82 Å². The molecule has 2 aliphatic rings. The lowest BCUT2D eigenvalue weighted by Gasteiger charge is -2.54. The molecule has 1 aromatic carbocycles. The molecule has 7 nitrogen and oxygen atoms in total. The molecule has 2 amide bonds. The Labute approximate surface area is 153 Å². The average molecular weight is 384 g/mol. The van der Waals surface area contributed by atoms with Gasteiger partial charge in [-0.1, -0.05) is 0 Å². The van der Waals surface area contributed by atoms with Crippen molar-refractivity contribution in [3.05, 3.63) is 30.1 Å². The highest BCUT2D eigenvalue weighted by Gasteiger charge is 2.45. The number of hydrogen-bond acceptors (Lipinski definition) is 4. The van der Waals surface area contributed by atoms with Crippen LogP contribution in [0.1, 0.15) is 13.8 Å². The van der Waals surface area contributed by atoms with Gasteiger partial charge < -0.3 is 10.2 Å². The summed E-state index contributed by atoms with van der Waals surface area (Å²) in [5, 5.41) is 2.77. The molecule has 1 N–H and O–H groups in total. The third-order valence-electron chi connectivity index (χ3n) is 5.09. The minimum atomic E-state index is -3.29. The first-order valence-corrected chi connectivity index (χ1v) is 10.4. The summed E-state index contributed by atoms with van der Waals surface area (Å²) >= 11 is 0. The van der Waals surface area contributed by atoms with Gasteiger partial charge in [-0.15, -0.1) is 0 Å². The van der Waals surface area contributed by atoms with Gasteiger partial charge in [0.25, 0.3) is 0 Å². The summed E-state index contributed by atoms with van der Waals surface area (Å²) in [5.74, 6) is -0.359. The van der Waals surface area contributed by atoms with E-state index in [1.165, 1.54) is 34.8 Å². The summed E-state index contributed by atoms with van der Waals surface area (Å²) in [6.07, 6.45) is 1.22. The third-order valence-corrected chi connectivity index (χ3v) is 6.31. The van der Waals surface area contributed by atoms with Crippen LogP contribution in [0.15, 0.2) is 24.3 Å².